The van der Waals surface area contributed by atoms with Crippen molar-refractivity contribution in [2.24, 2.45) is 0 Å². The summed E-state index contributed by atoms with van der Waals surface area (Å²) in [6, 6.07) is 76.0. The van der Waals surface area contributed by atoms with Gasteiger partial charge in [0, 0.05) is 21.9 Å². The van der Waals surface area contributed by atoms with E-state index in [1.807, 2.05) is 0 Å². The van der Waals surface area contributed by atoms with Gasteiger partial charge in [0.2, 0.25) is 0 Å². The Bertz CT molecular complexity index is 3920. The molecule has 0 radical (unpaired) electrons. The molecule has 4 heterocycles. The minimum Gasteiger partial charge on any atom is -0.359 e. The summed E-state index contributed by atoms with van der Waals surface area (Å²) >= 11 is 0. The Balaban J connectivity index is 1.01. The van der Waals surface area contributed by atoms with Crippen LogP contribution in [0.1, 0.15) is 34.0 Å². The highest BCUT2D eigenvalue weighted by Gasteiger charge is 2.52. The molecule has 1 aromatic heterocycles. The SMILES string of the molecule is c1ccc2c(c1)NC1c3cc(-c4ccc5c(c4)C4(c6ccccc6-n6c7ccccc7c7cccc4c76)c4cc6c7c(cccc7c4-5)-c4ccccc4-6)ccc3-c3ccccc3N21. The van der Waals surface area contributed by atoms with E-state index in [9.17, 15) is 0 Å². The molecule has 16 rings (SSSR count). The van der Waals surface area contributed by atoms with E-state index in [0.717, 1.165) is 0 Å². The Labute approximate surface area is 363 Å². The van der Waals surface area contributed by atoms with Crippen LogP contribution in [0.25, 0.3) is 93.9 Å². The molecule has 10 aromatic carbocycles. The van der Waals surface area contributed by atoms with Gasteiger partial charge in [-0.25, -0.2) is 0 Å². The first-order valence-corrected chi connectivity index (χ1v) is 22.1. The summed E-state index contributed by atoms with van der Waals surface area (Å²) < 4.78 is 2.55. The quantitative estimate of drug-likeness (QED) is 0.179. The zero-order chi connectivity index (χ0) is 40.7. The molecule has 290 valence electrons. The molecule has 0 amide bonds. The van der Waals surface area contributed by atoms with E-state index >= 15 is 0 Å². The molecule has 1 spiro atoms. The van der Waals surface area contributed by atoms with Crippen molar-refractivity contribution < 1.29 is 0 Å². The first-order valence-electron chi connectivity index (χ1n) is 22.1. The van der Waals surface area contributed by atoms with Gasteiger partial charge in [0.15, 0.2) is 0 Å². The van der Waals surface area contributed by atoms with E-state index in [4.69, 9.17) is 0 Å². The van der Waals surface area contributed by atoms with Gasteiger partial charge in [-0.2, -0.15) is 0 Å². The number of nitrogens with zero attached hydrogens (tertiary/aromatic N) is 2. The molecular weight excluding hydrogens is 763 g/mol. The van der Waals surface area contributed by atoms with Gasteiger partial charge in [-0.3, -0.25) is 0 Å². The molecule has 0 saturated heterocycles. The van der Waals surface area contributed by atoms with Crippen molar-refractivity contribution in [2.75, 3.05) is 10.2 Å². The predicted molar refractivity (Wildman–Crippen MR) is 259 cm³/mol. The minimum atomic E-state index is -0.585. The first-order chi connectivity index (χ1) is 31.3. The van der Waals surface area contributed by atoms with E-state index in [2.05, 4.69) is 215 Å². The van der Waals surface area contributed by atoms with Gasteiger partial charge < -0.3 is 14.8 Å². The van der Waals surface area contributed by atoms with E-state index in [1.54, 1.807) is 0 Å². The third kappa shape index (κ3) is 3.74. The number of hydrogen-bond acceptors (Lipinski definition) is 2. The van der Waals surface area contributed by atoms with Crippen LogP contribution < -0.4 is 10.2 Å². The van der Waals surface area contributed by atoms with Gasteiger partial charge in [0.1, 0.15) is 6.17 Å². The summed E-state index contributed by atoms with van der Waals surface area (Å²) in [5.74, 6) is 0. The van der Waals surface area contributed by atoms with Gasteiger partial charge in [0.25, 0.3) is 0 Å². The molecule has 63 heavy (non-hydrogen) atoms. The second kappa shape index (κ2) is 11.2. The smallest absolute Gasteiger partial charge is 0.131 e. The van der Waals surface area contributed by atoms with Crippen molar-refractivity contribution in [1.82, 2.24) is 4.57 Å². The van der Waals surface area contributed by atoms with Crippen molar-refractivity contribution in [3.05, 3.63) is 228 Å². The average Bonchev–Trinajstić information content (AvgIpc) is 4.08. The Kier molecular flexibility index (Phi) is 5.80. The zero-order valence-corrected chi connectivity index (χ0v) is 34.0. The summed E-state index contributed by atoms with van der Waals surface area (Å²) in [7, 11) is 0. The molecule has 11 aromatic rings. The molecule has 2 aliphatic carbocycles. The molecule has 0 saturated carbocycles. The summed E-state index contributed by atoms with van der Waals surface area (Å²) in [6.45, 7) is 0. The van der Waals surface area contributed by atoms with Crippen LogP contribution in [0, 0.1) is 0 Å². The van der Waals surface area contributed by atoms with Crippen LogP contribution in [0.2, 0.25) is 0 Å². The summed E-state index contributed by atoms with van der Waals surface area (Å²) in [5, 5.41) is 9.20. The number of nitrogens with one attached hydrogen (secondary N) is 1. The molecule has 0 fully saturated rings. The third-order valence-corrected chi connectivity index (χ3v) is 15.3. The monoisotopic (exact) mass is 797 g/mol. The number of aromatic nitrogens is 1. The molecule has 3 nitrogen and oxygen atoms in total. The molecule has 2 atom stereocenters. The maximum Gasteiger partial charge on any atom is 0.131 e. The Morgan fingerprint density at radius 2 is 1.05 bits per heavy atom. The van der Waals surface area contributed by atoms with Crippen molar-refractivity contribution in [1.29, 1.82) is 0 Å². The zero-order valence-electron chi connectivity index (χ0n) is 34.0. The molecule has 1 N–H and O–H groups in total. The fourth-order valence-electron chi connectivity index (χ4n) is 12.9. The molecule has 3 heteroatoms. The Morgan fingerprint density at radius 3 is 1.95 bits per heavy atom. The van der Waals surface area contributed by atoms with Crippen LogP contribution >= 0.6 is 0 Å². The number of fused-ring (bicyclic) bond motifs is 24. The van der Waals surface area contributed by atoms with Crippen LogP contribution in [0.15, 0.2) is 200 Å². The van der Waals surface area contributed by atoms with Crippen molar-refractivity contribution in [3.8, 4) is 61.3 Å². The summed E-state index contributed by atoms with van der Waals surface area (Å²) in [4.78, 5) is 2.49. The number of hydrogen-bond donors (Lipinski definition) is 1. The summed E-state index contributed by atoms with van der Waals surface area (Å²) in [6.07, 6.45) is -0.00517. The van der Waals surface area contributed by atoms with Gasteiger partial charge >= 0.3 is 0 Å². The standard InChI is InChI=1S/C60H35N3/c1-2-14-37-36(13-1)41-17-11-19-44-56(41)45(37)33-50-57(44)43-30-28-35(34-27-29-38-39-15-3-8-24-53(39)63-55-26-10-6-22-51(55)61-59(63)46(38)31-34)32-49(43)60(50)47-20-5-9-25-54(47)62-52-23-7-4-16-40(52)42-18-12-21-48(60)58(42)62/h1-33,59,61H. The lowest BCUT2D eigenvalue weighted by molar-refractivity contribution is 0.749. The lowest BCUT2D eigenvalue weighted by Gasteiger charge is -2.40. The van der Waals surface area contributed by atoms with E-state index < -0.39 is 5.41 Å². The third-order valence-electron chi connectivity index (χ3n) is 15.3. The van der Waals surface area contributed by atoms with E-state index in [0.29, 0.717) is 0 Å². The average molecular weight is 798 g/mol. The topological polar surface area (TPSA) is 20.2 Å². The van der Waals surface area contributed by atoms with Gasteiger partial charge in [-0.1, -0.05) is 152 Å². The van der Waals surface area contributed by atoms with Gasteiger partial charge in [-0.15, -0.1) is 0 Å². The van der Waals surface area contributed by atoms with E-state index in [-0.39, 0.29) is 6.17 Å². The second-order valence-corrected chi connectivity index (χ2v) is 18.0. The normalized spacial score (nSPS) is 17.2. The van der Waals surface area contributed by atoms with Crippen LogP contribution in [-0.2, 0) is 5.41 Å². The van der Waals surface area contributed by atoms with Crippen LogP contribution in [0.5, 0.6) is 0 Å². The molecular formula is C60H35N3. The number of para-hydroxylation sites is 6. The molecule has 2 unspecified atom stereocenters. The van der Waals surface area contributed by atoms with Gasteiger partial charge in [0.05, 0.1) is 39.2 Å². The fourth-order valence-corrected chi connectivity index (χ4v) is 12.9. The first kappa shape index (κ1) is 32.6. The van der Waals surface area contributed by atoms with Crippen LogP contribution in [0.4, 0.5) is 17.1 Å². The Hall–Kier alpha value is -8.14. The molecule has 0 bridgehead atoms. The lowest BCUT2D eigenvalue weighted by atomic mass is 9.65. The highest BCUT2D eigenvalue weighted by atomic mass is 15.3. The molecule has 3 aliphatic heterocycles. The summed E-state index contributed by atoms with van der Waals surface area (Å²) in [5.41, 5.74) is 26.5. The van der Waals surface area contributed by atoms with Crippen molar-refractivity contribution in [2.45, 2.75) is 11.6 Å². The Morgan fingerprint density at radius 1 is 0.397 bits per heavy atom. The second-order valence-electron chi connectivity index (χ2n) is 18.0. The maximum absolute atomic E-state index is 3.92. The maximum atomic E-state index is 3.92. The van der Waals surface area contributed by atoms with Gasteiger partial charge in [-0.05, 0) is 132 Å². The van der Waals surface area contributed by atoms with E-state index in [1.165, 1.54) is 139 Å². The highest BCUT2D eigenvalue weighted by Crippen LogP contribution is 2.65. The highest BCUT2D eigenvalue weighted by molar-refractivity contribution is 6.22. The van der Waals surface area contributed by atoms with Crippen molar-refractivity contribution >= 4 is 49.6 Å². The fraction of sp³-hybridized carbons (Fsp3) is 0.0333. The van der Waals surface area contributed by atoms with Crippen LogP contribution in [0.3, 0.4) is 0 Å². The van der Waals surface area contributed by atoms with Crippen molar-refractivity contribution in [3.63, 3.8) is 0 Å². The number of anilines is 3. The number of rotatable bonds is 1. The predicted octanol–water partition coefficient (Wildman–Crippen LogP) is 15.2. The largest absolute Gasteiger partial charge is 0.359 e. The lowest BCUT2D eigenvalue weighted by Crippen LogP contribution is -2.33. The molecule has 5 aliphatic rings. The number of benzene rings is 10. The minimum absolute atomic E-state index is 0.00517. The van der Waals surface area contributed by atoms with Crippen LogP contribution in [-0.4, -0.2) is 4.57 Å².